The average molecular weight is 281 g/mol. The summed E-state index contributed by atoms with van der Waals surface area (Å²) in [5.41, 5.74) is 0.588. The molecule has 7 nitrogen and oxygen atoms in total. The molecular weight excluding hydrogens is 268 g/mol. The third kappa shape index (κ3) is 2.76. The molecule has 2 aromatic heterocycles. The SMILES string of the molecule is O=C(NCCNc1nc(Cl)nc2[nH]ncc12)C1CC1. The number of nitrogens with zero attached hydrogens (tertiary/aromatic N) is 3. The van der Waals surface area contributed by atoms with E-state index in [0.717, 1.165) is 18.2 Å². The van der Waals surface area contributed by atoms with Gasteiger partial charge in [-0.2, -0.15) is 15.1 Å². The second-order valence-corrected chi connectivity index (χ2v) is 4.80. The lowest BCUT2D eigenvalue weighted by Crippen LogP contribution is -2.30. The normalized spacial score (nSPS) is 14.6. The number of rotatable bonds is 5. The van der Waals surface area contributed by atoms with E-state index >= 15 is 0 Å². The van der Waals surface area contributed by atoms with Crippen LogP contribution < -0.4 is 10.6 Å². The molecule has 3 rings (SSSR count). The number of aromatic nitrogens is 4. The van der Waals surface area contributed by atoms with E-state index < -0.39 is 0 Å². The first-order chi connectivity index (χ1) is 9.24. The molecule has 0 unspecified atom stereocenters. The summed E-state index contributed by atoms with van der Waals surface area (Å²) in [6, 6.07) is 0. The topological polar surface area (TPSA) is 95.6 Å². The monoisotopic (exact) mass is 280 g/mol. The van der Waals surface area contributed by atoms with E-state index in [4.69, 9.17) is 11.6 Å². The van der Waals surface area contributed by atoms with Crippen molar-refractivity contribution < 1.29 is 4.79 Å². The Labute approximate surface area is 114 Å². The van der Waals surface area contributed by atoms with Gasteiger partial charge in [0.15, 0.2) is 5.65 Å². The first-order valence-corrected chi connectivity index (χ1v) is 6.50. The van der Waals surface area contributed by atoms with Gasteiger partial charge in [-0.05, 0) is 24.4 Å². The highest BCUT2D eigenvalue weighted by atomic mass is 35.5. The number of amides is 1. The van der Waals surface area contributed by atoms with Crippen molar-refractivity contribution in [3.63, 3.8) is 0 Å². The Balaban J connectivity index is 1.58. The number of anilines is 1. The van der Waals surface area contributed by atoms with Crippen LogP contribution in [0, 0.1) is 5.92 Å². The van der Waals surface area contributed by atoms with Crippen molar-refractivity contribution >= 4 is 34.4 Å². The first-order valence-electron chi connectivity index (χ1n) is 6.12. The number of hydrogen-bond donors (Lipinski definition) is 3. The molecule has 0 radical (unpaired) electrons. The Hall–Kier alpha value is -1.89. The minimum absolute atomic E-state index is 0.135. The summed E-state index contributed by atoms with van der Waals surface area (Å²) in [4.78, 5) is 19.6. The van der Waals surface area contributed by atoms with Crippen molar-refractivity contribution in [1.29, 1.82) is 0 Å². The number of halogens is 1. The molecule has 0 saturated heterocycles. The Kier molecular flexibility index (Phi) is 3.20. The van der Waals surface area contributed by atoms with Gasteiger partial charge in [0.1, 0.15) is 5.82 Å². The summed E-state index contributed by atoms with van der Waals surface area (Å²) >= 11 is 5.81. The summed E-state index contributed by atoms with van der Waals surface area (Å²) in [6.45, 7) is 1.13. The van der Waals surface area contributed by atoms with Crippen LogP contribution >= 0.6 is 11.6 Å². The molecule has 0 atom stereocenters. The molecule has 8 heteroatoms. The number of carbonyl (C=O) groups is 1. The highest BCUT2D eigenvalue weighted by Crippen LogP contribution is 2.28. The van der Waals surface area contributed by atoms with E-state index in [9.17, 15) is 4.79 Å². The smallest absolute Gasteiger partial charge is 0.226 e. The predicted molar refractivity (Wildman–Crippen MR) is 70.9 cm³/mol. The Morgan fingerprint density at radius 3 is 3.05 bits per heavy atom. The molecule has 0 spiro atoms. The summed E-state index contributed by atoms with van der Waals surface area (Å²) < 4.78 is 0. The molecule has 100 valence electrons. The van der Waals surface area contributed by atoms with Crippen LogP contribution in [-0.4, -0.2) is 39.2 Å². The van der Waals surface area contributed by atoms with Gasteiger partial charge in [-0.1, -0.05) is 0 Å². The van der Waals surface area contributed by atoms with Crippen LogP contribution in [0.5, 0.6) is 0 Å². The van der Waals surface area contributed by atoms with E-state index in [1.54, 1.807) is 6.20 Å². The summed E-state index contributed by atoms with van der Waals surface area (Å²) in [5.74, 6) is 0.981. The van der Waals surface area contributed by atoms with E-state index in [0.29, 0.717) is 24.6 Å². The molecule has 1 aliphatic rings. The second-order valence-electron chi connectivity index (χ2n) is 4.47. The molecule has 3 N–H and O–H groups in total. The summed E-state index contributed by atoms with van der Waals surface area (Å²) in [7, 11) is 0. The molecular formula is C11H13ClN6O. The highest BCUT2D eigenvalue weighted by molar-refractivity contribution is 6.28. The molecule has 0 aromatic carbocycles. The van der Waals surface area contributed by atoms with Gasteiger partial charge in [0.2, 0.25) is 11.2 Å². The van der Waals surface area contributed by atoms with Gasteiger partial charge < -0.3 is 10.6 Å². The standard InChI is InChI=1S/C11H13ClN6O/c12-11-16-8(7-5-15-18-9(7)17-11)13-3-4-14-10(19)6-1-2-6/h5-6H,1-4H2,(H,14,19)(H2,13,15,16,17,18). The number of nitrogens with one attached hydrogen (secondary N) is 3. The van der Waals surface area contributed by atoms with Crippen LogP contribution in [0.1, 0.15) is 12.8 Å². The third-order valence-electron chi connectivity index (χ3n) is 2.95. The summed E-state index contributed by atoms with van der Waals surface area (Å²) in [6.07, 6.45) is 3.66. The van der Waals surface area contributed by atoms with Gasteiger partial charge in [0.05, 0.1) is 11.6 Å². The maximum absolute atomic E-state index is 11.4. The van der Waals surface area contributed by atoms with Crippen molar-refractivity contribution in [2.24, 2.45) is 5.92 Å². The van der Waals surface area contributed by atoms with Crippen molar-refractivity contribution in [3.05, 3.63) is 11.5 Å². The Morgan fingerprint density at radius 2 is 2.26 bits per heavy atom. The summed E-state index contributed by atoms with van der Waals surface area (Å²) in [5, 5.41) is 13.6. The van der Waals surface area contributed by atoms with E-state index in [2.05, 4.69) is 30.8 Å². The number of carbonyl (C=O) groups excluding carboxylic acids is 1. The predicted octanol–water partition coefficient (Wildman–Crippen LogP) is 0.944. The van der Waals surface area contributed by atoms with Crippen LogP contribution in [-0.2, 0) is 4.79 Å². The minimum Gasteiger partial charge on any atom is -0.368 e. The zero-order valence-corrected chi connectivity index (χ0v) is 10.9. The largest absolute Gasteiger partial charge is 0.368 e. The third-order valence-corrected chi connectivity index (χ3v) is 3.12. The zero-order chi connectivity index (χ0) is 13.2. The van der Waals surface area contributed by atoms with Gasteiger partial charge in [-0.15, -0.1) is 0 Å². The van der Waals surface area contributed by atoms with Gasteiger partial charge >= 0.3 is 0 Å². The fourth-order valence-electron chi connectivity index (χ4n) is 1.80. The van der Waals surface area contributed by atoms with E-state index in [1.807, 2.05) is 0 Å². The van der Waals surface area contributed by atoms with Crippen LogP contribution in [0.15, 0.2) is 6.20 Å². The maximum Gasteiger partial charge on any atom is 0.226 e. The quantitative estimate of drug-likeness (QED) is 0.560. The lowest BCUT2D eigenvalue weighted by atomic mass is 10.4. The molecule has 0 bridgehead atoms. The molecule has 1 aliphatic carbocycles. The second kappa shape index (κ2) is 5.00. The molecule has 19 heavy (non-hydrogen) atoms. The number of hydrogen-bond acceptors (Lipinski definition) is 5. The fraction of sp³-hybridized carbons (Fsp3) is 0.455. The van der Waals surface area contributed by atoms with Crippen LogP contribution in [0.4, 0.5) is 5.82 Å². The molecule has 1 amide bonds. The molecule has 0 aliphatic heterocycles. The molecule has 1 fully saturated rings. The van der Waals surface area contributed by atoms with Crippen LogP contribution in [0.3, 0.4) is 0 Å². The van der Waals surface area contributed by atoms with Gasteiger partial charge in [-0.25, -0.2) is 0 Å². The number of fused-ring (bicyclic) bond motifs is 1. The van der Waals surface area contributed by atoms with Gasteiger partial charge in [-0.3, -0.25) is 9.89 Å². The van der Waals surface area contributed by atoms with Crippen molar-refractivity contribution in [2.45, 2.75) is 12.8 Å². The van der Waals surface area contributed by atoms with Crippen LogP contribution in [0.2, 0.25) is 5.28 Å². The molecule has 2 heterocycles. The zero-order valence-electron chi connectivity index (χ0n) is 10.1. The Bertz CT molecular complexity index is 608. The lowest BCUT2D eigenvalue weighted by molar-refractivity contribution is -0.122. The van der Waals surface area contributed by atoms with Crippen molar-refractivity contribution in [3.8, 4) is 0 Å². The van der Waals surface area contributed by atoms with Crippen molar-refractivity contribution in [2.75, 3.05) is 18.4 Å². The van der Waals surface area contributed by atoms with Gasteiger partial charge in [0.25, 0.3) is 0 Å². The number of H-pyrrole nitrogens is 1. The molecule has 2 aromatic rings. The minimum atomic E-state index is 0.135. The maximum atomic E-state index is 11.4. The first kappa shape index (κ1) is 12.2. The van der Waals surface area contributed by atoms with E-state index in [1.165, 1.54) is 0 Å². The van der Waals surface area contributed by atoms with E-state index in [-0.39, 0.29) is 17.1 Å². The highest BCUT2D eigenvalue weighted by Gasteiger charge is 2.28. The van der Waals surface area contributed by atoms with Gasteiger partial charge in [0, 0.05) is 19.0 Å². The Morgan fingerprint density at radius 1 is 1.42 bits per heavy atom. The fourth-order valence-corrected chi connectivity index (χ4v) is 1.97. The van der Waals surface area contributed by atoms with Crippen molar-refractivity contribution in [1.82, 2.24) is 25.5 Å². The molecule has 1 saturated carbocycles. The van der Waals surface area contributed by atoms with Crippen LogP contribution in [0.25, 0.3) is 11.0 Å². The lowest BCUT2D eigenvalue weighted by Gasteiger charge is -2.07. The average Bonchev–Trinajstić information content (AvgIpc) is 3.13. The number of aromatic amines is 1.